The quantitative estimate of drug-likeness (QED) is 0.404. The van der Waals surface area contributed by atoms with Gasteiger partial charge in [0.05, 0.1) is 5.69 Å². The van der Waals surface area contributed by atoms with E-state index < -0.39 is 0 Å². The Morgan fingerprint density at radius 1 is 1.00 bits per heavy atom. The van der Waals surface area contributed by atoms with Crippen LogP contribution in [0.25, 0.3) is 11.4 Å². The molecule has 0 amide bonds. The predicted molar refractivity (Wildman–Crippen MR) is 131 cm³/mol. The number of pyridine rings is 1. The van der Waals surface area contributed by atoms with Crippen molar-refractivity contribution < 1.29 is 4.74 Å². The molecule has 3 heterocycles. The van der Waals surface area contributed by atoms with Crippen LogP contribution in [-0.2, 0) is 6.61 Å². The molecule has 0 spiro atoms. The van der Waals surface area contributed by atoms with Crippen LogP contribution < -0.4 is 10.1 Å². The van der Waals surface area contributed by atoms with Gasteiger partial charge in [-0.3, -0.25) is 10.3 Å². The minimum atomic E-state index is 0.173. The molecule has 1 aliphatic heterocycles. The molecule has 2 atom stereocenters. The molecule has 4 aromatic rings. The maximum Gasteiger partial charge on any atom is 0.183 e. The summed E-state index contributed by atoms with van der Waals surface area (Å²) in [5.41, 5.74) is 4.50. The Hall–Kier alpha value is -3.58. The monoisotopic (exact) mass is 454 g/mol. The lowest BCUT2D eigenvalue weighted by Gasteiger charge is -2.23. The fourth-order valence-corrected chi connectivity index (χ4v) is 4.68. The van der Waals surface area contributed by atoms with E-state index in [-0.39, 0.29) is 12.1 Å². The molecule has 174 valence electrons. The first-order chi connectivity index (χ1) is 16.7. The highest BCUT2D eigenvalue weighted by Gasteiger charge is 2.22. The summed E-state index contributed by atoms with van der Waals surface area (Å²) in [5.74, 6) is 2.38. The molecule has 1 aliphatic rings. The smallest absolute Gasteiger partial charge is 0.183 e. The van der Waals surface area contributed by atoms with Crippen LogP contribution in [-0.4, -0.2) is 31.7 Å². The van der Waals surface area contributed by atoms with Crippen LogP contribution in [0.15, 0.2) is 72.9 Å². The number of rotatable bonds is 8. The van der Waals surface area contributed by atoms with E-state index in [9.17, 15) is 0 Å². The normalized spacial score (nSPS) is 16.6. The van der Waals surface area contributed by atoms with Gasteiger partial charge in [0.2, 0.25) is 0 Å². The van der Waals surface area contributed by atoms with Crippen molar-refractivity contribution in [2.75, 3.05) is 6.54 Å². The van der Waals surface area contributed by atoms with Gasteiger partial charge < -0.3 is 4.74 Å². The number of hydrogen-bond acceptors (Lipinski definition) is 6. The van der Waals surface area contributed by atoms with Crippen molar-refractivity contribution in [2.24, 2.45) is 5.92 Å². The van der Waals surface area contributed by atoms with Crippen molar-refractivity contribution in [2.45, 2.75) is 45.4 Å². The van der Waals surface area contributed by atoms with Gasteiger partial charge in [-0.1, -0.05) is 56.3 Å². The van der Waals surface area contributed by atoms with Crippen molar-refractivity contribution in [3.05, 3.63) is 89.7 Å². The molecule has 34 heavy (non-hydrogen) atoms. The zero-order chi connectivity index (χ0) is 23.3. The third-order valence-electron chi connectivity index (χ3n) is 6.37. The largest absolute Gasteiger partial charge is 0.487 e. The van der Waals surface area contributed by atoms with Crippen molar-refractivity contribution in [3.8, 4) is 17.1 Å². The van der Waals surface area contributed by atoms with Gasteiger partial charge in [-0.05, 0) is 71.1 Å². The minimum absolute atomic E-state index is 0.173. The number of nitrogens with one attached hydrogen (secondary N) is 1. The van der Waals surface area contributed by atoms with E-state index in [1.807, 2.05) is 35.0 Å². The molecule has 1 saturated heterocycles. The highest BCUT2D eigenvalue weighted by atomic mass is 16.5. The Bertz CT molecular complexity index is 1180. The van der Waals surface area contributed by atoms with Gasteiger partial charge in [-0.15, -0.1) is 5.10 Å². The van der Waals surface area contributed by atoms with Crippen molar-refractivity contribution >= 4 is 0 Å². The second kappa shape index (κ2) is 10.1. The number of hydrogen-bond donors (Lipinski definition) is 1. The highest BCUT2D eigenvalue weighted by molar-refractivity contribution is 5.56. The molecule has 7 nitrogen and oxygen atoms in total. The first-order valence-corrected chi connectivity index (χ1v) is 11.9. The van der Waals surface area contributed by atoms with Gasteiger partial charge in [-0.25, -0.2) is 4.68 Å². The van der Waals surface area contributed by atoms with E-state index in [2.05, 4.69) is 76.1 Å². The lowest BCUT2D eigenvalue weighted by atomic mass is 9.82. The van der Waals surface area contributed by atoms with E-state index in [0.29, 0.717) is 12.5 Å². The topological polar surface area (TPSA) is 77.8 Å². The summed E-state index contributed by atoms with van der Waals surface area (Å²) in [6, 6.07) is 22.9. The molecule has 5 rings (SSSR count). The van der Waals surface area contributed by atoms with Crippen LogP contribution in [0.5, 0.6) is 5.75 Å². The van der Waals surface area contributed by atoms with E-state index in [1.165, 1.54) is 11.1 Å². The lowest BCUT2D eigenvalue weighted by molar-refractivity contribution is 0.301. The first-order valence-electron chi connectivity index (χ1n) is 11.9. The molecule has 1 N–H and O–H groups in total. The number of aromatic nitrogens is 5. The molecular formula is C27H30N6O. The van der Waals surface area contributed by atoms with Crippen LogP contribution in [0.1, 0.15) is 55.6 Å². The second-order valence-electron chi connectivity index (χ2n) is 9.08. The van der Waals surface area contributed by atoms with Gasteiger partial charge in [0, 0.05) is 17.7 Å². The van der Waals surface area contributed by atoms with E-state index in [0.717, 1.165) is 42.2 Å². The molecule has 0 saturated carbocycles. The summed E-state index contributed by atoms with van der Waals surface area (Å²) >= 11 is 0. The van der Waals surface area contributed by atoms with Crippen LogP contribution >= 0.6 is 0 Å². The summed E-state index contributed by atoms with van der Waals surface area (Å²) in [7, 11) is 0. The standard InChI is InChI=1S/C27H30N6O/c1-19(2)26(21-12-14-24(15-13-21)34-18-23-6-3-4-16-28-23)20-8-10-22(11-9-20)27-30-31-32-33(27)25-7-5-17-29-25/h3-4,6,8-16,19,25-26,29H,5,7,17-18H2,1-2H3. The molecular weight excluding hydrogens is 424 g/mol. The minimum Gasteiger partial charge on any atom is -0.487 e. The van der Waals surface area contributed by atoms with Crippen LogP contribution in [0, 0.1) is 5.92 Å². The molecule has 1 fully saturated rings. The third-order valence-corrected chi connectivity index (χ3v) is 6.37. The maximum absolute atomic E-state index is 5.91. The van der Waals surface area contributed by atoms with Crippen molar-refractivity contribution in [3.63, 3.8) is 0 Å². The Labute approximate surface area is 200 Å². The number of benzene rings is 2. The molecule has 2 unspecified atom stereocenters. The predicted octanol–water partition coefficient (Wildman–Crippen LogP) is 4.98. The van der Waals surface area contributed by atoms with E-state index >= 15 is 0 Å². The molecule has 2 aromatic heterocycles. The average molecular weight is 455 g/mol. The van der Waals surface area contributed by atoms with Crippen LogP contribution in [0.4, 0.5) is 0 Å². The average Bonchev–Trinajstić information content (AvgIpc) is 3.57. The highest BCUT2D eigenvalue weighted by Crippen LogP contribution is 2.34. The van der Waals surface area contributed by atoms with E-state index in [4.69, 9.17) is 4.74 Å². The molecule has 0 bridgehead atoms. The van der Waals surface area contributed by atoms with Gasteiger partial charge >= 0.3 is 0 Å². The maximum atomic E-state index is 5.91. The summed E-state index contributed by atoms with van der Waals surface area (Å²) in [4.78, 5) is 4.31. The second-order valence-corrected chi connectivity index (χ2v) is 9.08. The Morgan fingerprint density at radius 3 is 2.41 bits per heavy atom. The lowest BCUT2D eigenvalue weighted by Crippen LogP contribution is -2.21. The first kappa shape index (κ1) is 22.2. The summed E-state index contributed by atoms with van der Waals surface area (Å²) < 4.78 is 7.82. The summed E-state index contributed by atoms with van der Waals surface area (Å²) in [6.07, 6.45) is 4.15. The van der Waals surface area contributed by atoms with Gasteiger partial charge in [0.1, 0.15) is 18.5 Å². The Morgan fingerprint density at radius 2 is 1.76 bits per heavy atom. The summed E-state index contributed by atoms with van der Waals surface area (Å²) in [6.45, 7) is 5.99. The van der Waals surface area contributed by atoms with Crippen LogP contribution in [0.2, 0.25) is 0 Å². The number of tetrazole rings is 1. The molecule has 0 radical (unpaired) electrons. The zero-order valence-electron chi connectivity index (χ0n) is 19.6. The van der Waals surface area contributed by atoms with Crippen molar-refractivity contribution in [1.29, 1.82) is 0 Å². The number of nitrogens with zero attached hydrogens (tertiary/aromatic N) is 5. The Balaban J connectivity index is 1.32. The van der Waals surface area contributed by atoms with Gasteiger partial charge in [0.15, 0.2) is 5.82 Å². The zero-order valence-corrected chi connectivity index (χ0v) is 19.6. The SMILES string of the molecule is CC(C)C(c1ccc(OCc2ccccn2)cc1)c1ccc(-c2nnnn2C2CCCN2)cc1. The van der Waals surface area contributed by atoms with Gasteiger partial charge in [0.25, 0.3) is 0 Å². The molecule has 2 aromatic carbocycles. The molecule has 7 heteroatoms. The Kier molecular flexibility index (Phi) is 6.62. The fraction of sp³-hybridized carbons (Fsp3) is 0.333. The third kappa shape index (κ3) is 4.84. The number of ether oxygens (including phenoxy) is 1. The fourth-order valence-electron chi connectivity index (χ4n) is 4.68. The van der Waals surface area contributed by atoms with Gasteiger partial charge in [-0.2, -0.15) is 0 Å². The summed E-state index contributed by atoms with van der Waals surface area (Å²) in [5, 5.41) is 15.9. The molecule has 0 aliphatic carbocycles. The van der Waals surface area contributed by atoms with E-state index in [1.54, 1.807) is 6.20 Å². The van der Waals surface area contributed by atoms with Crippen molar-refractivity contribution in [1.82, 2.24) is 30.5 Å². The van der Waals surface area contributed by atoms with Crippen LogP contribution in [0.3, 0.4) is 0 Å².